The monoisotopic (exact) mass is 231 g/mol. The van der Waals surface area contributed by atoms with Gasteiger partial charge in [0, 0.05) is 12.6 Å². The van der Waals surface area contributed by atoms with Gasteiger partial charge in [0.25, 0.3) is 5.91 Å². The van der Waals surface area contributed by atoms with Crippen molar-refractivity contribution in [1.82, 2.24) is 4.90 Å². The van der Waals surface area contributed by atoms with Gasteiger partial charge in [0.05, 0.1) is 12.0 Å². The van der Waals surface area contributed by atoms with Gasteiger partial charge in [0.2, 0.25) is 0 Å². The average Bonchev–Trinajstić information content (AvgIpc) is 2.42. The second kappa shape index (κ2) is 4.56. The van der Waals surface area contributed by atoms with Crippen LogP contribution in [0, 0.1) is 0 Å². The van der Waals surface area contributed by atoms with Crippen molar-refractivity contribution in [2.24, 2.45) is 0 Å². The first-order chi connectivity index (χ1) is 6.60. The quantitative estimate of drug-likeness (QED) is 0.402. The minimum absolute atomic E-state index is 0.229. The first kappa shape index (κ1) is 11.2. The maximum atomic E-state index is 11.5. The van der Waals surface area contributed by atoms with Crippen molar-refractivity contribution in [3.8, 4) is 0 Å². The molecule has 1 amide bonds. The predicted molar refractivity (Wildman–Crippen MR) is 57.7 cm³/mol. The zero-order valence-electron chi connectivity index (χ0n) is 7.77. The Bertz CT molecular complexity index is 325. The maximum Gasteiger partial charge on any atom is 0.331 e. The fourth-order valence-corrected chi connectivity index (χ4v) is 2.28. The molecule has 0 aliphatic carbocycles. The van der Waals surface area contributed by atoms with Crippen LogP contribution in [0.1, 0.15) is 6.92 Å². The number of esters is 1. The van der Waals surface area contributed by atoms with E-state index in [-0.39, 0.29) is 5.91 Å². The molecule has 0 radical (unpaired) electrons. The molecule has 1 heterocycles. The van der Waals surface area contributed by atoms with Crippen molar-refractivity contribution in [3.63, 3.8) is 0 Å². The number of rotatable bonds is 2. The molecule has 0 atom stereocenters. The standard InChI is InChI=1S/C8H9NO3S2/c1-3-9-7(11)5(14-8(9)13)4-6(10)12-2/h4H,3H2,1-2H3/b5-4-. The van der Waals surface area contributed by atoms with Gasteiger partial charge in [-0.25, -0.2) is 4.79 Å². The third-order valence-corrected chi connectivity index (χ3v) is 3.02. The van der Waals surface area contributed by atoms with Crippen LogP contribution in [0.15, 0.2) is 11.0 Å². The molecule has 14 heavy (non-hydrogen) atoms. The number of methoxy groups -OCH3 is 1. The van der Waals surface area contributed by atoms with Crippen LogP contribution in [-0.2, 0) is 14.3 Å². The van der Waals surface area contributed by atoms with Crippen LogP contribution in [0.3, 0.4) is 0 Å². The summed E-state index contributed by atoms with van der Waals surface area (Å²) < 4.78 is 4.90. The Kier molecular flexibility index (Phi) is 3.65. The van der Waals surface area contributed by atoms with Crippen LogP contribution < -0.4 is 0 Å². The van der Waals surface area contributed by atoms with Crippen molar-refractivity contribution in [2.45, 2.75) is 6.92 Å². The fourth-order valence-electron chi connectivity index (χ4n) is 0.939. The third kappa shape index (κ3) is 2.13. The van der Waals surface area contributed by atoms with Gasteiger partial charge in [-0.05, 0) is 6.92 Å². The second-order valence-corrected chi connectivity index (χ2v) is 4.12. The highest BCUT2D eigenvalue weighted by atomic mass is 32.2. The van der Waals surface area contributed by atoms with Gasteiger partial charge < -0.3 is 4.74 Å². The van der Waals surface area contributed by atoms with Crippen LogP contribution in [0.25, 0.3) is 0 Å². The summed E-state index contributed by atoms with van der Waals surface area (Å²) in [6, 6.07) is 0. The highest BCUT2D eigenvalue weighted by Crippen LogP contribution is 2.30. The molecule has 0 aromatic carbocycles. The minimum atomic E-state index is -0.540. The average molecular weight is 231 g/mol. The fraction of sp³-hybridized carbons (Fsp3) is 0.375. The molecule has 0 N–H and O–H groups in total. The van der Waals surface area contributed by atoms with Crippen LogP contribution in [0.4, 0.5) is 0 Å². The zero-order chi connectivity index (χ0) is 10.7. The van der Waals surface area contributed by atoms with E-state index in [4.69, 9.17) is 12.2 Å². The Balaban J connectivity index is 2.86. The summed E-state index contributed by atoms with van der Waals surface area (Å²) in [6.45, 7) is 2.34. The summed E-state index contributed by atoms with van der Waals surface area (Å²) in [7, 11) is 1.26. The lowest BCUT2D eigenvalue weighted by atomic mass is 10.4. The molecule has 76 valence electrons. The normalized spacial score (nSPS) is 19.3. The molecule has 1 fully saturated rings. The van der Waals surface area contributed by atoms with E-state index >= 15 is 0 Å². The number of ether oxygens (including phenoxy) is 1. The smallest absolute Gasteiger partial charge is 0.331 e. The van der Waals surface area contributed by atoms with E-state index in [1.807, 2.05) is 6.92 Å². The highest BCUT2D eigenvalue weighted by Gasteiger charge is 2.31. The number of thioether (sulfide) groups is 1. The van der Waals surface area contributed by atoms with E-state index in [0.717, 1.165) is 17.8 Å². The Labute approximate surface area is 91.3 Å². The van der Waals surface area contributed by atoms with E-state index in [1.165, 1.54) is 12.0 Å². The van der Waals surface area contributed by atoms with E-state index in [0.29, 0.717) is 15.8 Å². The molecule has 0 spiro atoms. The number of nitrogens with zero attached hydrogens (tertiary/aromatic N) is 1. The van der Waals surface area contributed by atoms with Gasteiger partial charge in [0.15, 0.2) is 0 Å². The lowest BCUT2D eigenvalue weighted by Crippen LogP contribution is -2.27. The SMILES string of the molecule is CCN1C(=O)/C(=C/C(=O)OC)SC1=S. The number of hydrogen-bond donors (Lipinski definition) is 0. The topological polar surface area (TPSA) is 46.6 Å². The van der Waals surface area contributed by atoms with Gasteiger partial charge in [-0.1, -0.05) is 24.0 Å². The van der Waals surface area contributed by atoms with Crippen molar-refractivity contribution in [3.05, 3.63) is 11.0 Å². The lowest BCUT2D eigenvalue weighted by molar-refractivity contribution is -0.135. The molecule has 0 aromatic heterocycles. The molecule has 1 rings (SSSR count). The largest absolute Gasteiger partial charge is 0.466 e. The summed E-state index contributed by atoms with van der Waals surface area (Å²) in [5, 5.41) is 0. The number of carbonyl (C=O) groups is 2. The maximum absolute atomic E-state index is 11.5. The van der Waals surface area contributed by atoms with Crippen LogP contribution in [0.5, 0.6) is 0 Å². The Morgan fingerprint density at radius 1 is 1.71 bits per heavy atom. The summed E-state index contributed by atoms with van der Waals surface area (Å²) in [5.41, 5.74) is 0. The first-order valence-electron chi connectivity index (χ1n) is 3.93. The van der Waals surface area contributed by atoms with E-state index in [2.05, 4.69) is 4.74 Å². The van der Waals surface area contributed by atoms with Gasteiger partial charge in [-0.15, -0.1) is 0 Å². The first-order valence-corrected chi connectivity index (χ1v) is 5.16. The number of thiocarbonyl (C=S) groups is 1. The van der Waals surface area contributed by atoms with Crippen molar-refractivity contribution in [2.75, 3.05) is 13.7 Å². The molecule has 6 heteroatoms. The number of carbonyl (C=O) groups excluding carboxylic acids is 2. The van der Waals surface area contributed by atoms with Crippen LogP contribution in [-0.4, -0.2) is 34.8 Å². The molecule has 1 aliphatic heterocycles. The summed E-state index contributed by atoms with van der Waals surface area (Å²) in [5.74, 6) is -0.769. The molecule has 0 unspecified atom stereocenters. The predicted octanol–water partition coefficient (Wildman–Crippen LogP) is 0.923. The van der Waals surface area contributed by atoms with Gasteiger partial charge in [-0.2, -0.15) is 0 Å². The van der Waals surface area contributed by atoms with Gasteiger partial charge >= 0.3 is 5.97 Å². The molecule has 1 saturated heterocycles. The summed E-state index contributed by atoms with van der Waals surface area (Å²) >= 11 is 6.08. The van der Waals surface area contributed by atoms with Crippen molar-refractivity contribution >= 4 is 40.2 Å². The number of likely N-dealkylation sites (N-methyl/N-ethyl adjacent to an activating group) is 1. The summed E-state index contributed by atoms with van der Waals surface area (Å²) in [4.78, 5) is 24.2. The molecular formula is C8H9NO3S2. The number of hydrogen-bond acceptors (Lipinski definition) is 5. The van der Waals surface area contributed by atoms with Crippen molar-refractivity contribution in [1.29, 1.82) is 0 Å². The lowest BCUT2D eigenvalue weighted by Gasteiger charge is -2.09. The van der Waals surface area contributed by atoms with Crippen LogP contribution >= 0.6 is 24.0 Å². The summed E-state index contributed by atoms with van der Waals surface area (Å²) in [6.07, 6.45) is 1.16. The molecule has 0 saturated carbocycles. The Morgan fingerprint density at radius 2 is 2.36 bits per heavy atom. The van der Waals surface area contributed by atoms with E-state index < -0.39 is 5.97 Å². The zero-order valence-corrected chi connectivity index (χ0v) is 9.41. The second-order valence-electron chi connectivity index (χ2n) is 2.45. The highest BCUT2D eigenvalue weighted by molar-refractivity contribution is 8.26. The minimum Gasteiger partial charge on any atom is -0.466 e. The molecule has 4 nitrogen and oxygen atoms in total. The Hall–Kier alpha value is -0.880. The van der Waals surface area contributed by atoms with Gasteiger partial charge in [0.1, 0.15) is 4.32 Å². The third-order valence-electron chi connectivity index (χ3n) is 1.64. The Morgan fingerprint density at radius 3 is 2.79 bits per heavy atom. The number of amides is 1. The van der Waals surface area contributed by atoms with E-state index in [1.54, 1.807) is 0 Å². The molecule has 0 aromatic rings. The van der Waals surface area contributed by atoms with Crippen LogP contribution in [0.2, 0.25) is 0 Å². The molecular weight excluding hydrogens is 222 g/mol. The molecule has 0 bridgehead atoms. The van der Waals surface area contributed by atoms with Gasteiger partial charge in [-0.3, -0.25) is 9.69 Å². The van der Waals surface area contributed by atoms with E-state index in [9.17, 15) is 9.59 Å². The van der Waals surface area contributed by atoms with Crippen molar-refractivity contribution < 1.29 is 14.3 Å². The molecule has 1 aliphatic rings.